The first-order valence-corrected chi connectivity index (χ1v) is 7.32. The van der Waals surface area contributed by atoms with Gasteiger partial charge < -0.3 is 5.73 Å². The molecule has 0 amide bonds. The van der Waals surface area contributed by atoms with Gasteiger partial charge in [0.1, 0.15) is 5.82 Å². The third kappa shape index (κ3) is 3.34. The van der Waals surface area contributed by atoms with E-state index in [1.807, 2.05) is 12.1 Å². The van der Waals surface area contributed by atoms with Crippen LogP contribution in [0.4, 0.5) is 4.39 Å². The van der Waals surface area contributed by atoms with E-state index >= 15 is 0 Å². The van der Waals surface area contributed by atoms with Crippen molar-refractivity contribution < 1.29 is 4.39 Å². The first kappa shape index (κ1) is 14.5. The number of nitrogens with zero attached hydrogens (tertiary/aromatic N) is 1. The van der Waals surface area contributed by atoms with Gasteiger partial charge in [0.15, 0.2) is 0 Å². The molecule has 3 atom stereocenters. The van der Waals surface area contributed by atoms with Crippen LogP contribution in [0.1, 0.15) is 32.3 Å². The van der Waals surface area contributed by atoms with Crippen LogP contribution in [0, 0.1) is 11.7 Å². The molecule has 1 fully saturated rings. The summed E-state index contributed by atoms with van der Waals surface area (Å²) in [6, 6.07) is 7.86. The van der Waals surface area contributed by atoms with E-state index in [4.69, 9.17) is 5.73 Å². The Morgan fingerprint density at radius 1 is 1.42 bits per heavy atom. The van der Waals surface area contributed by atoms with Gasteiger partial charge in [-0.2, -0.15) is 0 Å². The van der Waals surface area contributed by atoms with Crippen molar-refractivity contribution in [2.45, 2.75) is 45.2 Å². The second-order valence-corrected chi connectivity index (χ2v) is 5.80. The average molecular weight is 264 g/mol. The molecule has 2 rings (SSSR count). The monoisotopic (exact) mass is 264 g/mol. The largest absolute Gasteiger partial charge is 0.329 e. The lowest BCUT2D eigenvalue weighted by atomic mass is 9.88. The number of piperidine rings is 1. The predicted molar refractivity (Wildman–Crippen MR) is 77.5 cm³/mol. The Bertz CT molecular complexity index is 407. The Morgan fingerprint density at radius 2 is 2.16 bits per heavy atom. The van der Waals surface area contributed by atoms with Crippen molar-refractivity contribution >= 4 is 0 Å². The van der Waals surface area contributed by atoms with Crippen LogP contribution >= 0.6 is 0 Å². The summed E-state index contributed by atoms with van der Waals surface area (Å²) in [4.78, 5) is 2.47. The zero-order valence-corrected chi connectivity index (χ0v) is 12.0. The molecule has 0 saturated carbocycles. The van der Waals surface area contributed by atoms with Crippen molar-refractivity contribution in [3.8, 4) is 0 Å². The molecule has 1 aromatic rings. The van der Waals surface area contributed by atoms with E-state index in [0.717, 1.165) is 18.5 Å². The molecule has 1 saturated heterocycles. The highest BCUT2D eigenvalue weighted by Gasteiger charge is 2.30. The molecule has 19 heavy (non-hydrogen) atoms. The lowest BCUT2D eigenvalue weighted by Crippen LogP contribution is -2.52. The first-order chi connectivity index (χ1) is 9.13. The minimum Gasteiger partial charge on any atom is -0.329 e. The maximum absolute atomic E-state index is 13.7. The fourth-order valence-electron chi connectivity index (χ4n) is 3.30. The number of hydrogen-bond donors (Lipinski definition) is 1. The van der Waals surface area contributed by atoms with Gasteiger partial charge in [0.2, 0.25) is 0 Å². The molecule has 106 valence electrons. The zero-order chi connectivity index (χ0) is 13.8. The first-order valence-electron chi connectivity index (χ1n) is 7.32. The summed E-state index contributed by atoms with van der Waals surface area (Å²) in [5, 5.41) is 0. The number of halogens is 1. The van der Waals surface area contributed by atoms with Gasteiger partial charge in [-0.25, -0.2) is 4.39 Å². The molecular formula is C16H25FN2. The van der Waals surface area contributed by atoms with Crippen LogP contribution < -0.4 is 5.73 Å². The third-order valence-corrected chi connectivity index (χ3v) is 4.44. The van der Waals surface area contributed by atoms with Crippen LogP contribution in [0.25, 0.3) is 0 Å². The van der Waals surface area contributed by atoms with Gasteiger partial charge in [-0.05, 0) is 50.3 Å². The minimum atomic E-state index is -0.0938. The van der Waals surface area contributed by atoms with Crippen molar-refractivity contribution in [2.24, 2.45) is 11.7 Å². The summed E-state index contributed by atoms with van der Waals surface area (Å²) in [7, 11) is 0. The zero-order valence-electron chi connectivity index (χ0n) is 12.0. The molecule has 0 aromatic heterocycles. The maximum Gasteiger partial charge on any atom is 0.126 e. The summed E-state index contributed by atoms with van der Waals surface area (Å²) >= 11 is 0. The van der Waals surface area contributed by atoms with E-state index in [0.29, 0.717) is 24.5 Å². The molecule has 2 N–H and O–H groups in total. The molecular weight excluding hydrogens is 239 g/mol. The Balaban J connectivity index is 2.06. The normalized spacial score (nSPS) is 26.3. The fourth-order valence-corrected chi connectivity index (χ4v) is 3.30. The standard InChI is InChI=1S/C16H25FN2/c1-12-6-5-9-19(16(12)11-18)13(2)10-14-7-3-4-8-15(14)17/h3-4,7-8,12-13,16H,5-6,9-11,18H2,1-2H3. The van der Waals surface area contributed by atoms with Crippen molar-refractivity contribution in [2.75, 3.05) is 13.1 Å². The van der Waals surface area contributed by atoms with E-state index < -0.39 is 0 Å². The summed E-state index contributed by atoms with van der Waals surface area (Å²) in [5.41, 5.74) is 6.74. The lowest BCUT2D eigenvalue weighted by molar-refractivity contribution is 0.0689. The van der Waals surface area contributed by atoms with Gasteiger partial charge in [0, 0.05) is 18.6 Å². The minimum absolute atomic E-state index is 0.0938. The smallest absolute Gasteiger partial charge is 0.126 e. The summed E-state index contributed by atoms with van der Waals surface area (Å²) in [5.74, 6) is 0.547. The van der Waals surface area contributed by atoms with Gasteiger partial charge in [-0.3, -0.25) is 4.90 Å². The molecule has 1 heterocycles. The molecule has 0 radical (unpaired) electrons. The maximum atomic E-state index is 13.7. The van der Waals surface area contributed by atoms with Crippen LogP contribution in [0.15, 0.2) is 24.3 Å². The Labute approximate surface area is 115 Å². The van der Waals surface area contributed by atoms with Gasteiger partial charge in [0.05, 0.1) is 0 Å². The van der Waals surface area contributed by atoms with Gasteiger partial charge in [-0.15, -0.1) is 0 Å². The van der Waals surface area contributed by atoms with Crippen LogP contribution in [-0.4, -0.2) is 30.1 Å². The summed E-state index contributed by atoms with van der Waals surface area (Å²) < 4.78 is 13.7. The molecule has 1 aromatic carbocycles. The van der Waals surface area contributed by atoms with Crippen LogP contribution in [-0.2, 0) is 6.42 Å². The SMILES string of the molecule is CC1CCCN(C(C)Cc2ccccc2F)C1CN. The summed E-state index contributed by atoms with van der Waals surface area (Å²) in [6.07, 6.45) is 3.24. The van der Waals surface area contributed by atoms with E-state index in [1.54, 1.807) is 12.1 Å². The van der Waals surface area contributed by atoms with Gasteiger partial charge in [0.25, 0.3) is 0 Å². The van der Waals surface area contributed by atoms with E-state index in [2.05, 4.69) is 18.7 Å². The second kappa shape index (κ2) is 6.49. The number of hydrogen-bond acceptors (Lipinski definition) is 2. The molecule has 0 aliphatic carbocycles. The highest BCUT2D eigenvalue weighted by atomic mass is 19.1. The molecule has 1 aliphatic heterocycles. The van der Waals surface area contributed by atoms with Crippen molar-refractivity contribution in [1.29, 1.82) is 0 Å². The van der Waals surface area contributed by atoms with Crippen LogP contribution in [0.5, 0.6) is 0 Å². The predicted octanol–water partition coefficient (Wildman–Crippen LogP) is 2.82. The van der Waals surface area contributed by atoms with E-state index in [1.165, 1.54) is 12.8 Å². The molecule has 2 nitrogen and oxygen atoms in total. The highest BCUT2D eigenvalue weighted by Crippen LogP contribution is 2.26. The Morgan fingerprint density at radius 3 is 2.84 bits per heavy atom. The average Bonchev–Trinajstić information content (AvgIpc) is 2.41. The Hall–Kier alpha value is -0.930. The topological polar surface area (TPSA) is 29.3 Å². The molecule has 0 spiro atoms. The van der Waals surface area contributed by atoms with E-state index in [9.17, 15) is 4.39 Å². The Kier molecular flexibility index (Phi) is 4.94. The molecule has 1 aliphatic rings. The molecule has 3 heteroatoms. The highest BCUT2D eigenvalue weighted by molar-refractivity contribution is 5.18. The summed E-state index contributed by atoms with van der Waals surface area (Å²) in [6.45, 7) is 6.25. The number of likely N-dealkylation sites (tertiary alicyclic amines) is 1. The second-order valence-electron chi connectivity index (χ2n) is 5.80. The lowest BCUT2D eigenvalue weighted by Gasteiger charge is -2.43. The van der Waals surface area contributed by atoms with E-state index in [-0.39, 0.29) is 5.82 Å². The molecule has 3 unspecified atom stereocenters. The van der Waals surface area contributed by atoms with Crippen molar-refractivity contribution in [3.63, 3.8) is 0 Å². The van der Waals surface area contributed by atoms with Gasteiger partial charge >= 0.3 is 0 Å². The van der Waals surface area contributed by atoms with Gasteiger partial charge in [-0.1, -0.05) is 25.1 Å². The molecule has 0 bridgehead atoms. The number of nitrogens with two attached hydrogens (primary N) is 1. The fraction of sp³-hybridized carbons (Fsp3) is 0.625. The van der Waals surface area contributed by atoms with Crippen molar-refractivity contribution in [3.05, 3.63) is 35.6 Å². The van der Waals surface area contributed by atoms with Crippen LogP contribution in [0.3, 0.4) is 0 Å². The third-order valence-electron chi connectivity index (χ3n) is 4.44. The van der Waals surface area contributed by atoms with Crippen molar-refractivity contribution in [1.82, 2.24) is 4.90 Å². The number of rotatable bonds is 4. The van der Waals surface area contributed by atoms with Crippen LogP contribution in [0.2, 0.25) is 0 Å². The quantitative estimate of drug-likeness (QED) is 0.906. The number of benzene rings is 1.